The van der Waals surface area contributed by atoms with Crippen LogP contribution in [0.4, 0.5) is 0 Å². The highest BCUT2D eigenvalue weighted by Gasteiger charge is 2.10. The third kappa shape index (κ3) is 3.11. The van der Waals surface area contributed by atoms with Crippen LogP contribution in [0, 0.1) is 0 Å². The molecular weight excluding hydrogens is 270 g/mol. The molecule has 3 aromatic rings. The summed E-state index contributed by atoms with van der Waals surface area (Å²) in [6, 6.07) is 7.21. The van der Waals surface area contributed by atoms with Gasteiger partial charge in [-0.3, -0.25) is 19.6 Å². The Labute approximate surface area is 120 Å². The van der Waals surface area contributed by atoms with Gasteiger partial charge in [0, 0.05) is 12.7 Å². The van der Waals surface area contributed by atoms with Gasteiger partial charge in [0.2, 0.25) is 0 Å². The van der Waals surface area contributed by atoms with E-state index in [1.165, 1.54) is 6.33 Å². The number of carbonyl (C=O) groups is 1. The van der Waals surface area contributed by atoms with Crippen molar-refractivity contribution in [3.05, 3.63) is 48.8 Å². The van der Waals surface area contributed by atoms with Gasteiger partial charge in [0.05, 0.1) is 12.2 Å². The molecule has 0 aliphatic heterocycles. The average molecular weight is 283 g/mol. The van der Waals surface area contributed by atoms with E-state index in [0.717, 1.165) is 5.69 Å². The minimum Gasteiger partial charge on any atom is -0.349 e. The molecule has 0 aromatic carbocycles. The Balaban J connectivity index is 1.59. The Morgan fingerprint density at radius 3 is 3.05 bits per heavy atom. The van der Waals surface area contributed by atoms with Crippen molar-refractivity contribution >= 4 is 5.91 Å². The molecule has 3 aromatic heterocycles. The predicted molar refractivity (Wildman–Crippen MR) is 74.2 cm³/mol. The first-order valence-corrected chi connectivity index (χ1v) is 6.40. The lowest BCUT2D eigenvalue weighted by Gasteiger charge is -2.02. The number of carbonyl (C=O) groups excluding carboxylic acids is 1. The van der Waals surface area contributed by atoms with Gasteiger partial charge in [-0.15, -0.1) is 0 Å². The lowest BCUT2D eigenvalue weighted by molar-refractivity contribution is 0.0947. The molecule has 1 amide bonds. The Morgan fingerprint density at radius 1 is 1.33 bits per heavy atom. The SMILES string of the molecule is O=C(NCCn1cncn1)c1cc(-c2ccccn2)n[nH]1. The topological polar surface area (TPSA) is 101 Å². The van der Waals surface area contributed by atoms with Crippen LogP contribution in [0.25, 0.3) is 11.4 Å². The first-order valence-electron chi connectivity index (χ1n) is 6.40. The molecule has 3 heterocycles. The molecule has 0 saturated carbocycles. The molecule has 8 heteroatoms. The molecule has 0 aliphatic rings. The standard InChI is InChI=1S/C13H13N7O/c21-13(16-5-6-20-9-14-8-17-20)12-7-11(18-19-12)10-3-1-2-4-15-10/h1-4,7-9H,5-6H2,(H,16,21)(H,18,19). The predicted octanol–water partition coefficient (Wildman–Crippen LogP) is 0.493. The monoisotopic (exact) mass is 283 g/mol. The quantitative estimate of drug-likeness (QED) is 0.709. The van der Waals surface area contributed by atoms with Gasteiger partial charge in [-0.05, 0) is 18.2 Å². The normalized spacial score (nSPS) is 10.5. The van der Waals surface area contributed by atoms with Crippen LogP contribution in [0.5, 0.6) is 0 Å². The van der Waals surface area contributed by atoms with E-state index < -0.39 is 0 Å². The molecule has 0 unspecified atom stereocenters. The first kappa shape index (κ1) is 13.0. The summed E-state index contributed by atoms with van der Waals surface area (Å²) >= 11 is 0. The van der Waals surface area contributed by atoms with Gasteiger partial charge < -0.3 is 5.32 Å². The maximum atomic E-state index is 12.0. The number of hydrogen-bond acceptors (Lipinski definition) is 5. The number of aromatic nitrogens is 6. The summed E-state index contributed by atoms with van der Waals surface area (Å²) in [5.74, 6) is -0.218. The van der Waals surface area contributed by atoms with Gasteiger partial charge >= 0.3 is 0 Å². The third-order valence-corrected chi connectivity index (χ3v) is 2.84. The Kier molecular flexibility index (Phi) is 3.68. The lowest BCUT2D eigenvalue weighted by Crippen LogP contribution is -2.27. The Hall–Kier alpha value is -3.03. The van der Waals surface area contributed by atoms with E-state index in [1.54, 1.807) is 23.3 Å². The van der Waals surface area contributed by atoms with Crippen molar-refractivity contribution in [2.24, 2.45) is 0 Å². The number of hydrogen-bond donors (Lipinski definition) is 2. The maximum Gasteiger partial charge on any atom is 0.269 e. The highest BCUT2D eigenvalue weighted by Crippen LogP contribution is 2.13. The number of pyridine rings is 1. The molecule has 3 rings (SSSR count). The third-order valence-electron chi connectivity index (χ3n) is 2.84. The van der Waals surface area contributed by atoms with Gasteiger partial charge in [0.1, 0.15) is 24.0 Å². The molecule has 0 spiro atoms. The van der Waals surface area contributed by atoms with Crippen molar-refractivity contribution in [3.63, 3.8) is 0 Å². The van der Waals surface area contributed by atoms with Gasteiger partial charge in [-0.25, -0.2) is 4.98 Å². The van der Waals surface area contributed by atoms with Crippen LogP contribution in [0.15, 0.2) is 43.1 Å². The summed E-state index contributed by atoms with van der Waals surface area (Å²) in [4.78, 5) is 20.0. The van der Waals surface area contributed by atoms with Gasteiger partial charge in [-0.1, -0.05) is 6.07 Å². The second-order valence-corrected chi connectivity index (χ2v) is 4.30. The summed E-state index contributed by atoms with van der Waals surface area (Å²) in [6.45, 7) is 1.02. The van der Waals surface area contributed by atoms with Crippen molar-refractivity contribution in [1.29, 1.82) is 0 Å². The van der Waals surface area contributed by atoms with E-state index in [1.807, 2.05) is 18.2 Å². The maximum absolute atomic E-state index is 12.0. The van der Waals surface area contributed by atoms with Crippen LogP contribution in [0.2, 0.25) is 0 Å². The highest BCUT2D eigenvalue weighted by molar-refractivity contribution is 5.93. The molecule has 2 N–H and O–H groups in total. The average Bonchev–Trinajstić information content (AvgIpc) is 3.20. The highest BCUT2D eigenvalue weighted by atomic mass is 16.1. The Bertz CT molecular complexity index is 705. The number of rotatable bonds is 5. The smallest absolute Gasteiger partial charge is 0.269 e. The van der Waals surface area contributed by atoms with Crippen molar-refractivity contribution < 1.29 is 4.79 Å². The zero-order valence-corrected chi connectivity index (χ0v) is 11.1. The van der Waals surface area contributed by atoms with Crippen molar-refractivity contribution in [2.75, 3.05) is 6.54 Å². The molecule has 0 atom stereocenters. The van der Waals surface area contributed by atoms with E-state index >= 15 is 0 Å². The fourth-order valence-corrected chi connectivity index (χ4v) is 1.81. The van der Waals surface area contributed by atoms with Crippen LogP contribution in [-0.4, -0.2) is 42.4 Å². The molecule has 0 bridgehead atoms. The summed E-state index contributed by atoms with van der Waals surface area (Å²) in [5, 5.41) is 13.5. The molecule has 8 nitrogen and oxygen atoms in total. The van der Waals surface area contributed by atoms with Gasteiger partial charge in [-0.2, -0.15) is 10.2 Å². The summed E-state index contributed by atoms with van der Waals surface area (Å²) in [6.07, 6.45) is 4.74. The number of nitrogens with zero attached hydrogens (tertiary/aromatic N) is 5. The van der Waals surface area contributed by atoms with Crippen LogP contribution >= 0.6 is 0 Å². The first-order chi connectivity index (χ1) is 10.3. The minimum atomic E-state index is -0.218. The summed E-state index contributed by atoms with van der Waals surface area (Å²) in [5.41, 5.74) is 1.75. The second kappa shape index (κ2) is 5.95. The second-order valence-electron chi connectivity index (χ2n) is 4.30. The molecule has 21 heavy (non-hydrogen) atoms. The fraction of sp³-hybridized carbons (Fsp3) is 0.154. The summed E-state index contributed by atoms with van der Waals surface area (Å²) < 4.78 is 1.65. The number of amides is 1. The van der Waals surface area contributed by atoms with E-state index in [9.17, 15) is 4.79 Å². The van der Waals surface area contributed by atoms with E-state index in [0.29, 0.717) is 24.5 Å². The molecular formula is C13H13N7O. The number of aromatic amines is 1. The van der Waals surface area contributed by atoms with E-state index in [4.69, 9.17) is 0 Å². The molecule has 0 radical (unpaired) electrons. The molecule has 0 aliphatic carbocycles. The van der Waals surface area contributed by atoms with Crippen molar-refractivity contribution in [3.8, 4) is 11.4 Å². The van der Waals surface area contributed by atoms with Crippen molar-refractivity contribution in [2.45, 2.75) is 6.54 Å². The number of H-pyrrole nitrogens is 1. The Morgan fingerprint density at radius 2 is 2.29 bits per heavy atom. The summed E-state index contributed by atoms with van der Waals surface area (Å²) in [7, 11) is 0. The number of nitrogens with one attached hydrogen (secondary N) is 2. The van der Waals surface area contributed by atoms with Crippen molar-refractivity contribution in [1.82, 2.24) is 35.3 Å². The molecule has 0 saturated heterocycles. The van der Waals surface area contributed by atoms with E-state index in [-0.39, 0.29) is 5.91 Å². The minimum absolute atomic E-state index is 0.218. The van der Waals surface area contributed by atoms with Crippen LogP contribution in [0.3, 0.4) is 0 Å². The lowest BCUT2D eigenvalue weighted by atomic mass is 10.2. The van der Waals surface area contributed by atoms with E-state index in [2.05, 4.69) is 30.6 Å². The zero-order valence-electron chi connectivity index (χ0n) is 11.1. The van der Waals surface area contributed by atoms with Crippen LogP contribution in [0.1, 0.15) is 10.5 Å². The van der Waals surface area contributed by atoms with Gasteiger partial charge in [0.25, 0.3) is 5.91 Å². The molecule has 0 fully saturated rings. The largest absolute Gasteiger partial charge is 0.349 e. The van der Waals surface area contributed by atoms with Gasteiger partial charge in [0.15, 0.2) is 0 Å². The van der Waals surface area contributed by atoms with Crippen LogP contribution < -0.4 is 5.32 Å². The van der Waals surface area contributed by atoms with Crippen LogP contribution in [-0.2, 0) is 6.54 Å². The molecule has 106 valence electrons. The zero-order chi connectivity index (χ0) is 14.5. The fourth-order valence-electron chi connectivity index (χ4n) is 1.81.